The second kappa shape index (κ2) is 4.50. The lowest BCUT2D eigenvalue weighted by molar-refractivity contribution is 0.563. The molecule has 0 spiro atoms. The number of carbonyl (C=O) groups excluding carboxylic acids is 1. The lowest BCUT2D eigenvalue weighted by Crippen LogP contribution is -1.85. The first kappa shape index (κ1) is 10.9. The van der Waals surface area contributed by atoms with Gasteiger partial charge in [0.1, 0.15) is 0 Å². The molecular weight excluding hydrogens is 220 g/mol. The smallest absolute Gasteiger partial charge is 0.233 e. The zero-order valence-electron chi connectivity index (χ0n) is 8.83. The highest BCUT2D eigenvalue weighted by Gasteiger charge is 2.02. The maximum Gasteiger partial charge on any atom is 0.233 e. The lowest BCUT2D eigenvalue weighted by atomic mass is 10.00. The van der Waals surface area contributed by atoms with Crippen LogP contribution in [-0.4, -0.2) is 6.29 Å². The molecule has 0 unspecified atom stereocenters. The van der Waals surface area contributed by atoms with Crippen LogP contribution in [0.2, 0.25) is 5.02 Å². The maximum atomic E-state index is 10.4. The van der Waals surface area contributed by atoms with Gasteiger partial charge in [0, 0.05) is 10.6 Å². The van der Waals surface area contributed by atoms with Crippen molar-refractivity contribution < 1.29 is 4.79 Å². The van der Waals surface area contributed by atoms with Crippen LogP contribution in [0.15, 0.2) is 42.5 Å². The van der Waals surface area contributed by atoms with Gasteiger partial charge in [0.05, 0.1) is 0 Å². The molecule has 0 heterocycles. The van der Waals surface area contributed by atoms with Crippen LogP contribution < -0.4 is 0 Å². The van der Waals surface area contributed by atoms with Crippen LogP contribution >= 0.6 is 11.6 Å². The van der Waals surface area contributed by atoms with Crippen LogP contribution in [0, 0.1) is 6.92 Å². The molecule has 2 aromatic rings. The first-order chi connectivity index (χ1) is 7.70. The molecule has 0 fully saturated rings. The Hall–Kier alpha value is -1.60. The summed E-state index contributed by atoms with van der Waals surface area (Å²) in [6.07, 6.45) is 1.86. The summed E-state index contributed by atoms with van der Waals surface area (Å²) in [5.74, 6) is 0. The summed E-state index contributed by atoms with van der Waals surface area (Å²) >= 11 is 5.90. The Balaban J connectivity index is 2.46. The minimum atomic E-state index is 0.565. The molecule has 1 radical (unpaired) electrons. The van der Waals surface area contributed by atoms with Gasteiger partial charge in [-0.1, -0.05) is 41.9 Å². The molecule has 2 aromatic carbocycles. The van der Waals surface area contributed by atoms with E-state index < -0.39 is 0 Å². The third-order valence-corrected chi connectivity index (χ3v) is 2.74. The summed E-state index contributed by atoms with van der Waals surface area (Å²) in [4.78, 5) is 10.4. The second-order valence-electron chi connectivity index (χ2n) is 3.64. The molecule has 2 rings (SSSR count). The van der Waals surface area contributed by atoms with Crippen LogP contribution in [0.5, 0.6) is 0 Å². The summed E-state index contributed by atoms with van der Waals surface area (Å²) in [5, 5.41) is 0.735. The van der Waals surface area contributed by atoms with Crippen molar-refractivity contribution in [2.24, 2.45) is 0 Å². The lowest BCUT2D eigenvalue weighted by Gasteiger charge is -2.06. The van der Waals surface area contributed by atoms with Gasteiger partial charge in [-0.05, 0) is 35.7 Å². The maximum absolute atomic E-state index is 10.4. The van der Waals surface area contributed by atoms with Crippen LogP contribution in [0.4, 0.5) is 0 Å². The molecule has 0 aromatic heterocycles. The summed E-state index contributed by atoms with van der Waals surface area (Å²) in [6, 6.07) is 13.1. The van der Waals surface area contributed by atoms with E-state index in [0.717, 1.165) is 21.7 Å². The molecule has 2 heteroatoms. The van der Waals surface area contributed by atoms with E-state index in [1.807, 2.05) is 43.5 Å². The van der Waals surface area contributed by atoms with Gasteiger partial charge in [0.15, 0.2) is 0 Å². The van der Waals surface area contributed by atoms with Crippen molar-refractivity contribution in [3.63, 3.8) is 0 Å². The number of rotatable bonds is 2. The molecule has 0 saturated heterocycles. The van der Waals surface area contributed by atoms with E-state index in [1.54, 1.807) is 12.1 Å². The fraction of sp³-hybridized carbons (Fsp3) is 0.0714. The van der Waals surface area contributed by atoms with Gasteiger partial charge in [-0.15, -0.1) is 0 Å². The number of hydrogen-bond acceptors (Lipinski definition) is 1. The Labute approximate surface area is 99.7 Å². The molecule has 0 aliphatic heterocycles. The second-order valence-corrected chi connectivity index (χ2v) is 4.08. The SMILES string of the molecule is Cc1cc(Cl)ccc1-c1ccc([C]=O)cc1. The molecule has 0 amide bonds. The highest BCUT2D eigenvalue weighted by Crippen LogP contribution is 2.25. The molecule has 0 saturated carbocycles. The average molecular weight is 230 g/mol. The van der Waals surface area contributed by atoms with Gasteiger partial charge in [0.2, 0.25) is 6.29 Å². The number of aryl methyl sites for hydroxylation is 1. The molecule has 0 aliphatic carbocycles. The van der Waals surface area contributed by atoms with Gasteiger partial charge in [-0.3, -0.25) is 4.79 Å². The Morgan fingerprint density at radius 3 is 2.31 bits per heavy atom. The van der Waals surface area contributed by atoms with Crippen LogP contribution in [0.3, 0.4) is 0 Å². The van der Waals surface area contributed by atoms with Crippen molar-refractivity contribution in [2.45, 2.75) is 6.92 Å². The third kappa shape index (κ3) is 2.15. The molecular formula is C14H10ClO. The quantitative estimate of drug-likeness (QED) is 0.766. The Morgan fingerprint density at radius 1 is 1.06 bits per heavy atom. The molecule has 0 N–H and O–H groups in total. The van der Waals surface area contributed by atoms with Crippen LogP contribution in [0.25, 0.3) is 11.1 Å². The van der Waals surface area contributed by atoms with Crippen molar-refractivity contribution in [1.29, 1.82) is 0 Å². The summed E-state index contributed by atoms with van der Waals surface area (Å²) in [5.41, 5.74) is 3.89. The Bertz CT molecular complexity index is 515. The topological polar surface area (TPSA) is 17.1 Å². The first-order valence-electron chi connectivity index (χ1n) is 4.95. The predicted molar refractivity (Wildman–Crippen MR) is 66.4 cm³/mol. The summed E-state index contributed by atoms with van der Waals surface area (Å²) in [7, 11) is 0. The van der Waals surface area contributed by atoms with Crippen molar-refractivity contribution >= 4 is 17.9 Å². The van der Waals surface area contributed by atoms with Crippen LogP contribution in [0.1, 0.15) is 11.1 Å². The number of benzene rings is 2. The average Bonchev–Trinajstić information content (AvgIpc) is 2.29. The van der Waals surface area contributed by atoms with E-state index in [0.29, 0.717) is 5.56 Å². The van der Waals surface area contributed by atoms with Gasteiger partial charge in [-0.25, -0.2) is 0 Å². The van der Waals surface area contributed by atoms with E-state index in [2.05, 4.69) is 0 Å². The molecule has 1 nitrogen and oxygen atoms in total. The van der Waals surface area contributed by atoms with Crippen molar-refractivity contribution in [3.05, 3.63) is 58.6 Å². The highest BCUT2D eigenvalue weighted by molar-refractivity contribution is 6.30. The predicted octanol–water partition coefficient (Wildman–Crippen LogP) is 3.77. The Kier molecular flexibility index (Phi) is 3.07. The summed E-state index contributed by atoms with van der Waals surface area (Å²) < 4.78 is 0. The van der Waals surface area contributed by atoms with Gasteiger partial charge >= 0.3 is 0 Å². The van der Waals surface area contributed by atoms with Gasteiger partial charge in [-0.2, -0.15) is 0 Å². The summed E-state index contributed by atoms with van der Waals surface area (Å²) in [6.45, 7) is 2.01. The molecule has 16 heavy (non-hydrogen) atoms. The normalized spacial score (nSPS) is 10.1. The van der Waals surface area contributed by atoms with E-state index in [9.17, 15) is 4.79 Å². The molecule has 0 aliphatic rings. The highest BCUT2D eigenvalue weighted by atomic mass is 35.5. The minimum Gasteiger partial charge on any atom is -0.285 e. The van der Waals surface area contributed by atoms with Crippen molar-refractivity contribution in [1.82, 2.24) is 0 Å². The zero-order valence-corrected chi connectivity index (χ0v) is 9.58. The zero-order chi connectivity index (χ0) is 11.5. The monoisotopic (exact) mass is 229 g/mol. The minimum absolute atomic E-state index is 0.565. The standard InChI is InChI=1S/C14H10ClO/c1-10-8-13(15)6-7-14(10)12-4-2-11(9-16)3-5-12/h2-8H,1H3. The van der Waals surface area contributed by atoms with Crippen molar-refractivity contribution in [2.75, 3.05) is 0 Å². The fourth-order valence-corrected chi connectivity index (χ4v) is 1.90. The molecule has 0 atom stereocenters. The molecule has 0 bridgehead atoms. The van der Waals surface area contributed by atoms with E-state index in [1.165, 1.54) is 0 Å². The van der Waals surface area contributed by atoms with Gasteiger partial charge < -0.3 is 0 Å². The van der Waals surface area contributed by atoms with Crippen LogP contribution in [-0.2, 0) is 4.79 Å². The Morgan fingerprint density at radius 2 is 1.75 bits per heavy atom. The third-order valence-electron chi connectivity index (χ3n) is 2.50. The van der Waals surface area contributed by atoms with Gasteiger partial charge in [0.25, 0.3) is 0 Å². The van der Waals surface area contributed by atoms with Crippen molar-refractivity contribution in [3.8, 4) is 11.1 Å². The van der Waals surface area contributed by atoms with E-state index >= 15 is 0 Å². The largest absolute Gasteiger partial charge is 0.285 e. The van der Waals surface area contributed by atoms with E-state index in [-0.39, 0.29) is 0 Å². The fourth-order valence-electron chi connectivity index (χ4n) is 1.67. The number of hydrogen-bond donors (Lipinski definition) is 0. The number of halogens is 1. The van der Waals surface area contributed by atoms with E-state index in [4.69, 9.17) is 11.6 Å². The first-order valence-corrected chi connectivity index (χ1v) is 5.33. The molecule has 79 valence electrons.